The van der Waals surface area contributed by atoms with Gasteiger partial charge in [-0.25, -0.2) is 0 Å². The van der Waals surface area contributed by atoms with Crippen molar-refractivity contribution in [2.45, 2.75) is 6.42 Å². The van der Waals surface area contributed by atoms with E-state index in [1.165, 1.54) is 6.07 Å². The molecule has 6 heteroatoms. The second kappa shape index (κ2) is 5.21. The normalized spacial score (nSPS) is 10.1. The van der Waals surface area contributed by atoms with Crippen molar-refractivity contribution < 1.29 is 4.74 Å². The van der Waals surface area contributed by atoms with Crippen LogP contribution < -0.4 is 10.5 Å². The van der Waals surface area contributed by atoms with Crippen LogP contribution in [0.4, 0.5) is 0 Å². The third kappa shape index (κ3) is 3.34. The lowest BCUT2D eigenvalue weighted by atomic mass is 10.4. The summed E-state index contributed by atoms with van der Waals surface area (Å²) in [5.74, 6) is 0.440. The van der Waals surface area contributed by atoms with E-state index < -0.39 is 0 Å². The van der Waals surface area contributed by atoms with E-state index in [-0.39, 0.29) is 10.3 Å². The molecule has 0 fully saturated rings. The van der Waals surface area contributed by atoms with Gasteiger partial charge in [-0.2, -0.15) is 0 Å². The molecule has 0 atom stereocenters. The van der Waals surface area contributed by atoms with Gasteiger partial charge in [0.05, 0.1) is 6.61 Å². The van der Waals surface area contributed by atoms with E-state index in [0.717, 1.165) is 6.42 Å². The third-order valence-electron chi connectivity index (χ3n) is 1.29. The summed E-state index contributed by atoms with van der Waals surface area (Å²) in [5.41, 5.74) is 5.29. The maximum atomic E-state index is 5.69. The van der Waals surface area contributed by atoms with Crippen LogP contribution in [0, 0.1) is 0 Å². The van der Waals surface area contributed by atoms with E-state index in [9.17, 15) is 0 Å². The summed E-state index contributed by atoms with van der Waals surface area (Å²) in [6.45, 7) is 1.07. The lowest BCUT2D eigenvalue weighted by molar-refractivity contribution is 0.311. The first-order valence-electron chi connectivity index (χ1n) is 3.75. The highest BCUT2D eigenvalue weighted by Gasteiger charge is 2.04. The van der Waals surface area contributed by atoms with Crippen molar-refractivity contribution in [3.05, 3.63) is 16.4 Å². The largest absolute Gasteiger partial charge is 0.490 e. The van der Waals surface area contributed by atoms with E-state index in [1.54, 1.807) is 0 Å². The Labute approximate surface area is 86.0 Å². The molecule has 1 aromatic rings. The van der Waals surface area contributed by atoms with Crippen LogP contribution in [0.5, 0.6) is 5.75 Å². The lowest BCUT2D eigenvalue weighted by Crippen LogP contribution is -2.06. The van der Waals surface area contributed by atoms with Crippen LogP contribution in [0.1, 0.15) is 6.42 Å². The lowest BCUT2D eigenvalue weighted by Gasteiger charge is -2.05. The van der Waals surface area contributed by atoms with Gasteiger partial charge in [-0.1, -0.05) is 23.2 Å². The fourth-order valence-corrected chi connectivity index (χ4v) is 0.988. The van der Waals surface area contributed by atoms with Crippen LogP contribution in [0.25, 0.3) is 0 Å². The van der Waals surface area contributed by atoms with Crippen molar-refractivity contribution in [3.8, 4) is 5.75 Å². The third-order valence-corrected chi connectivity index (χ3v) is 1.74. The van der Waals surface area contributed by atoms with Crippen molar-refractivity contribution in [1.29, 1.82) is 0 Å². The predicted octanol–water partition coefficient (Wildman–Crippen LogP) is 1.51. The van der Waals surface area contributed by atoms with Gasteiger partial charge >= 0.3 is 0 Å². The minimum absolute atomic E-state index is 0.210. The molecule has 0 aliphatic carbocycles. The molecule has 1 rings (SSSR count). The molecule has 1 aromatic heterocycles. The van der Waals surface area contributed by atoms with Crippen molar-refractivity contribution in [2.24, 2.45) is 5.73 Å². The number of nitrogens with two attached hydrogens (primary N) is 1. The Kier molecular flexibility index (Phi) is 4.21. The van der Waals surface area contributed by atoms with Gasteiger partial charge < -0.3 is 10.5 Å². The Morgan fingerprint density at radius 2 is 2.15 bits per heavy atom. The van der Waals surface area contributed by atoms with Crippen LogP contribution >= 0.6 is 23.2 Å². The van der Waals surface area contributed by atoms with Crippen LogP contribution in [0.15, 0.2) is 6.07 Å². The standard InChI is InChI=1S/C7H9Cl2N3O/c8-6-4-5(7(9)12-11-6)13-3-1-2-10/h4H,1-3,10H2. The minimum atomic E-state index is 0.210. The molecule has 0 spiro atoms. The predicted molar refractivity (Wildman–Crippen MR) is 51.2 cm³/mol. The van der Waals surface area contributed by atoms with Crippen LogP contribution in [0.3, 0.4) is 0 Å². The molecule has 0 saturated carbocycles. The summed E-state index contributed by atoms with van der Waals surface area (Å²) in [6.07, 6.45) is 0.760. The van der Waals surface area contributed by atoms with E-state index in [2.05, 4.69) is 10.2 Å². The quantitative estimate of drug-likeness (QED) is 0.784. The average molecular weight is 222 g/mol. The number of ether oxygens (including phenoxy) is 1. The first-order valence-corrected chi connectivity index (χ1v) is 4.51. The van der Waals surface area contributed by atoms with Crippen LogP contribution in [0.2, 0.25) is 10.3 Å². The van der Waals surface area contributed by atoms with Crippen molar-refractivity contribution in [1.82, 2.24) is 10.2 Å². The van der Waals surface area contributed by atoms with Gasteiger partial charge in [0, 0.05) is 6.07 Å². The summed E-state index contributed by atoms with van der Waals surface area (Å²) < 4.78 is 5.26. The Hall–Kier alpha value is -0.580. The van der Waals surface area contributed by atoms with Crippen LogP contribution in [-0.2, 0) is 0 Å². The number of hydrogen-bond donors (Lipinski definition) is 1. The maximum Gasteiger partial charge on any atom is 0.193 e. The summed E-state index contributed by atoms with van der Waals surface area (Å²) in [5, 5.41) is 7.60. The van der Waals surface area contributed by atoms with E-state index in [4.69, 9.17) is 33.7 Å². The molecular formula is C7H9Cl2N3O. The topological polar surface area (TPSA) is 61.0 Å². The molecule has 0 saturated heterocycles. The second-order valence-electron chi connectivity index (χ2n) is 2.31. The summed E-state index contributed by atoms with van der Waals surface area (Å²) in [7, 11) is 0. The van der Waals surface area contributed by atoms with E-state index in [1.807, 2.05) is 0 Å². The highest BCUT2D eigenvalue weighted by atomic mass is 35.5. The second-order valence-corrected chi connectivity index (χ2v) is 3.06. The van der Waals surface area contributed by atoms with Gasteiger partial charge in [0.2, 0.25) is 0 Å². The molecule has 0 aliphatic rings. The SMILES string of the molecule is NCCCOc1cc(Cl)nnc1Cl. The number of hydrogen-bond acceptors (Lipinski definition) is 4. The number of halogens is 2. The fourth-order valence-electron chi connectivity index (χ4n) is 0.704. The molecule has 72 valence electrons. The Morgan fingerprint density at radius 1 is 1.38 bits per heavy atom. The first kappa shape index (κ1) is 10.5. The number of aromatic nitrogens is 2. The Morgan fingerprint density at radius 3 is 2.85 bits per heavy atom. The van der Waals surface area contributed by atoms with Gasteiger partial charge in [-0.3, -0.25) is 0 Å². The van der Waals surface area contributed by atoms with Crippen molar-refractivity contribution in [2.75, 3.05) is 13.2 Å². The van der Waals surface area contributed by atoms with Gasteiger partial charge in [0.25, 0.3) is 0 Å². The minimum Gasteiger partial charge on any atom is -0.490 e. The Balaban J connectivity index is 2.59. The molecular weight excluding hydrogens is 213 g/mol. The summed E-state index contributed by atoms with van der Waals surface area (Å²) >= 11 is 11.3. The smallest absolute Gasteiger partial charge is 0.193 e. The molecule has 0 unspecified atom stereocenters. The molecule has 4 nitrogen and oxygen atoms in total. The number of rotatable bonds is 4. The van der Waals surface area contributed by atoms with E-state index >= 15 is 0 Å². The molecule has 0 aromatic carbocycles. The number of nitrogens with zero attached hydrogens (tertiary/aromatic N) is 2. The van der Waals surface area contributed by atoms with Gasteiger partial charge in [0.1, 0.15) is 0 Å². The highest BCUT2D eigenvalue weighted by Crippen LogP contribution is 2.23. The maximum absolute atomic E-state index is 5.69. The monoisotopic (exact) mass is 221 g/mol. The van der Waals surface area contributed by atoms with Gasteiger partial charge in [-0.15, -0.1) is 10.2 Å². The van der Waals surface area contributed by atoms with E-state index in [0.29, 0.717) is 18.9 Å². The average Bonchev–Trinajstić information content (AvgIpc) is 2.11. The zero-order valence-electron chi connectivity index (χ0n) is 6.83. The van der Waals surface area contributed by atoms with Crippen LogP contribution in [-0.4, -0.2) is 23.3 Å². The van der Waals surface area contributed by atoms with Crippen molar-refractivity contribution in [3.63, 3.8) is 0 Å². The van der Waals surface area contributed by atoms with Gasteiger partial charge in [-0.05, 0) is 13.0 Å². The molecule has 13 heavy (non-hydrogen) atoms. The zero-order valence-corrected chi connectivity index (χ0v) is 8.35. The first-order chi connectivity index (χ1) is 6.24. The zero-order chi connectivity index (χ0) is 9.68. The molecule has 2 N–H and O–H groups in total. The summed E-state index contributed by atoms with van der Waals surface area (Å²) in [6, 6.07) is 1.52. The summed E-state index contributed by atoms with van der Waals surface area (Å²) in [4.78, 5) is 0. The molecule has 0 aliphatic heterocycles. The molecule has 0 radical (unpaired) electrons. The molecule has 1 heterocycles. The van der Waals surface area contributed by atoms with Crippen molar-refractivity contribution >= 4 is 23.2 Å². The fraction of sp³-hybridized carbons (Fsp3) is 0.429. The highest BCUT2D eigenvalue weighted by molar-refractivity contribution is 6.32. The Bertz CT molecular complexity index is 282. The molecule has 0 amide bonds. The van der Waals surface area contributed by atoms with Gasteiger partial charge in [0.15, 0.2) is 16.1 Å². The molecule has 0 bridgehead atoms.